The van der Waals surface area contributed by atoms with E-state index in [4.69, 9.17) is 11.6 Å². The smallest absolute Gasteiger partial charge is 0.0948 e. The molecule has 1 aromatic heterocycles. The molecule has 0 aliphatic heterocycles. The van der Waals surface area contributed by atoms with Crippen LogP contribution in [0.15, 0.2) is 55.0 Å². The van der Waals surface area contributed by atoms with E-state index in [9.17, 15) is 0 Å². The van der Waals surface area contributed by atoms with Crippen LogP contribution in [-0.2, 0) is 19.4 Å². The van der Waals surface area contributed by atoms with Crippen LogP contribution in [0.5, 0.6) is 0 Å². The lowest BCUT2D eigenvalue weighted by Gasteiger charge is -2.08. The number of halogens is 2. The molecule has 0 aliphatic carbocycles. The molecule has 3 aromatic rings. The van der Waals surface area contributed by atoms with Gasteiger partial charge in [0.15, 0.2) is 0 Å². The van der Waals surface area contributed by atoms with Gasteiger partial charge in [-0.25, -0.2) is 4.98 Å². The third-order valence-corrected chi connectivity index (χ3v) is 3.79. The molecular weight excluding hydrogens is 303 g/mol. The third-order valence-electron chi connectivity index (χ3n) is 3.60. The number of hydrogen-bond donors (Lipinski definition) is 0. The summed E-state index contributed by atoms with van der Waals surface area (Å²) in [6.45, 7) is 0.949. The average Bonchev–Trinajstić information content (AvgIpc) is 2.93. The molecule has 0 aliphatic rings. The number of aromatic nitrogens is 2. The van der Waals surface area contributed by atoms with Gasteiger partial charge in [0, 0.05) is 30.7 Å². The van der Waals surface area contributed by atoms with Crippen molar-refractivity contribution in [3.05, 3.63) is 66.2 Å². The first-order chi connectivity index (χ1) is 9.86. The van der Waals surface area contributed by atoms with Gasteiger partial charge in [-0.15, -0.1) is 24.0 Å². The molecule has 0 spiro atoms. The maximum Gasteiger partial charge on any atom is 0.0948 e. The van der Waals surface area contributed by atoms with Gasteiger partial charge in [0.1, 0.15) is 0 Å². The molecule has 4 heteroatoms. The molecule has 0 N–H and O–H groups in total. The van der Waals surface area contributed by atoms with Gasteiger partial charge in [-0.3, -0.25) is 0 Å². The van der Waals surface area contributed by atoms with E-state index >= 15 is 0 Å². The molecule has 0 radical (unpaired) electrons. The largest absolute Gasteiger partial charge is 0.334 e. The van der Waals surface area contributed by atoms with E-state index < -0.39 is 0 Å². The SMILES string of the molecule is Cl.ClCCc1cncn1CCc1ccc2ccccc2c1. The average molecular weight is 321 g/mol. The lowest BCUT2D eigenvalue weighted by atomic mass is 10.1. The maximum absolute atomic E-state index is 5.81. The lowest BCUT2D eigenvalue weighted by molar-refractivity contribution is 0.665. The number of nitrogens with zero attached hydrogens (tertiary/aromatic N) is 2. The molecular formula is C17H18Cl2N2. The summed E-state index contributed by atoms with van der Waals surface area (Å²) in [5.41, 5.74) is 2.56. The standard InChI is InChI=1S/C17H17ClN2.ClH/c18-9-7-17-12-19-13-20(17)10-8-14-5-6-15-3-1-2-4-16(15)11-14;/h1-6,11-13H,7-10H2;1H. The Balaban J connectivity index is 0.00000161. The molecule has 0 saturated carbocycles. The van der Waals surface area contributed by atoms with Crippen molar-refractivity contribution in [2.75, 3.05) is 5.88 Å². The molecule has 2 nitrogen and oxygen atoms in total. The van der Waals surface area contributed by atoms with E-state index in [2.05, 4.69) is 52.0 Å². The molecule has 21 heavy (non-hydrogen) atoms. The van der Waals surface area contributed by atoms with E-state index in [0.29, 0.717) is 5.88 Å². The zero-order valence-corrected chi connectivity index (χ0v) is 13.3. The van der Waals surface area contributed by atoms with Crippen LogP contribution < -0.4 is 0 Å². The number of hydrogen-bond acceptors (Lipinski definition) is 1. The van der Waals surface area contributed by atoms with Crippen molar-refractivity contribution in [2.24, 2.45) is 0 Å². The fourth-order valence-electron chi connectivity index (χ4n) is 2.50. The minimum absolute atomic E-state index is 0. The number of benzene rings is 2. The van der Waals surface area contributed by atoms with Crippen LogP contribution in [0.1, 0.15) is 11.3 Å². The van der Waals surface area contributed by atoms with Gasteiger partial charge < -0.3 is 4.57 Å². The van der Waals surface area contributed by atoms with Crippen molar-refractivity contribution < 1.29 is 0 Å². The third kappa shape index (κ3) is 3.78. The number of alkyl halides is 1. The topological polar surface area (TPSA) is 17.8 Å². The van der Waals surface area contributed by atoms with Crippen LogP contribution in [0.2, 0.25) is 0 Å². The fourth-order valence-corrected chi connectivity index (χ4v) is 2.69. The van der Waals surface area contributed by atoms with Crippen molar-refractivity contribution in [2.45, 2.75) is 19.4 Å². The normalized spacial score (nSPS) is 10.5. The van der Waals surface area contributed by atoms with Crippen LogP contribution in [0.4, 0.5) is 0 Å². The molecule has 0 fully saturated rings. The number of rotatable bonds is 5. The number of imidazole rings is 1. The highest BCUT2D eigenvalue weighted by Crippen LogP contribution is 2.16. The van der Waals surface area contributed by atoms with Gasteiger partial charge in [-0.05, 0) is 22.8 Å². The molecule has 0 atom stereocenters. The van der Waals surface area contributed by atoms with Crippen LogP contribution in [-0.4, -0.2) is 15.4 Å². The van der Waals surface area contributed by atoms with Gasteiger partial charge in [0.25, 0.3) is 0 Å². The van der Waals surface area contributed by atoms with E-state index in [1.54, 1.807) is 0 Å². The van der Waals surface area contributed by atoms with Gasteiger partial charge in [-0.1, -0.05) is 42.5 Å². The molecule has 0 saturated heterocycles. The van der Waals surface area contributed by atoms with Crippen molar-refractivity contribution in [3.8, 4) is 0 Å². The first-order valence-electron chi connectivity index (χ1n) is 6.89. The summed E-state index contributed by atoms with van der Waals surface area (Å²) in [6, 6.07) is 15.1. The first kappa shape index (κ1) is 15.9. The Hall–Kier alpha value is -1.51. The Bertz CT molecular complexity index is 707. The van der Waals surface area contributed by atoms with E-state index in [-0.39, 0.29) is 12.4 Å². The second kappa shape index (κ2) is 7.48. The predicted molar refractivity (Wildman–Crippen MR) is 91.6 cm³/mol. The molecule has 0 unspecified atom stereocenters. The highest BCUT2D eigenvalue weighted by Gasteiger charge is 2.02. The summed E-state index contributed by atoms with van der Waals surface area (Å²) >= 11 is 5.81. The van der Waals surface area contributed by atoms with Gasteiger partial charge in [-0.2, -0.15) is 0 Å². The second-order valence-electron chi connectivity index (χ2n) is 4.95. The molecule has 3 rings (SSSR count). The summed E-state index contributed by atoms with van der Waals surface area (Å²) in [6.07, 6.45) is 5.68. The maximum atomic E-state index is 5.81. The molecule has 0 amide bonds. The van der Waals surface area contributed by atoms with Crippen LogP contribution >= 0.6 is 24.0 Å². The fraction of sp³-hybridized carbons (Fsp3) is 0.235. The van der Waals surface area contributed by atoms with Crippen LogP contribution in [0, 0.1) is 0 Å². The highest BCUT2D eigenvalue weighted by molar-refractivity contribution is 6.17. The molecule has 1 heterocycles. The van der Waals surface area contributed by atoms with Crippen molar-refractivity contribution >= 4 is 34.8 Å². The van der Waals surface area contributed by atoms with Gasteiger partial charge in [0.05, 0.1) is 6.33 Å². The Morgan fingerprint density at radius 1 is 1.00 bits per heavy atom. The predicted octanol–water partition coefficient (Wildman–Crippen LogP) is 4.48. The van der Waals surface area contributed by atoms with Crippen molar-refractivity contribution in [1.29, 1.82) is 0 Å². The van der Waals surface area contributed by atoms with E-state index in [1.807, 2.05) is 12.5 Å². The zero-order chi connectivity index (χ0) is 13.8. The number of aryl methyl sites for hydroxylation is 3. The minimum atomic E-state index is 0. The Morgan fingerprint density at radius 3 is 2.62 bits per heavy atom. The summed E-state index contributed by atoms with van der Waals surface area (Å²) in [5.74, 6) is 0.641. The molecule has 2 aromatic carbocycles. The summed E-state index contributed by atoms with van der Waals surface area (Å²) < 4.78 is 2.19. The quantitative estimate of drug-likeness (QED) is 0.634. The van der Waals surface area contributed by atoms with E-state index in [1.165, 1.54) is 22.0 Å². The molecule has 0 bridgehead atoms. The lowest BCUT2D eigenvalue weighted by Crippen LogP contribution is -2.05. The monoisotopic (exact) mass is 320 g/mol. The Kier molecular flexibility index (Phi) is 5.66. The van der Waals surface area contributed by atoms with Crippen molar-refractivity contribution in [1.82, 2.24) is 9.55 Å². The van der Waals surface area contributed by atoms with Gasteiger partial charge in [0.2, 0.25) is 0 Å². The first-order valence-corrected chi connectivity index (χ1v) is 7.43. The highest BCUT2D eigenvalue weighted by atomic mass is 35.5. The van der Waals surface area contributed by atoms with Crippen LogP contribution in [0.3, 0.4) is 0 Å². The summed E-state index contributed by atoms with van der Waals surface area (Å²) in [4.78, 5) is 4.21. The zero-order valence-electron chi connectivity index (χ0n) is 11.7. The Morgan fingerprint density at radius 2 is 1.81 bits per heavy atom. The second-order valence-corrected chi connectivity index (χ2v) is 5.33. The van der Waals surface area contributed by atoms with E-state index in [0.717, 1.165) is 19.4 Å². The summed E-state index contributed by atoms with van der Waals surface area (Å²) in [7, 11) is 0. The van der Waals surface area contributed by atoms with Crippen LogP contribution in [0.25, 0.3) is 10.8 Å². The Labute approximate surface area is 136 Å². The minimum Gasteiger partial charge on any atom is -0.334 e. The number of fused-ring (bicyclic) bond motifs is 1. The molecule has 110 valence electrons. The summed E-state index contributed by atoms with van der Waals surface area (Å²) in [5, 5.41) is 2.60. The van der Waals surface area contributed by atoms with Crippen molar-refractivity contribution in [3.63, 3.8) is 0 Å². The van der Waals surface area contributed by atoms with Gasteiger partial charge >= 0.3 is 0 Å².